The molecule has 0 aliphatic heterocycles. The molecule has 0 unspecified atom stereocenters. The van der Waals surface area contributed by atoms with Gasteiger partial charge < -0.3 is 10.4 Å². The van der Waals surface area contributed by atoms with Crippen molar-refractivity contribution in [3.63, 3.8) is 0 Å². The van der Waals surface area contributed by atoms with E-state index in [1.165, 1.54) is 36.1 Å². The first-order chi connectivity index (χ1) is 9.52. The van der Waals surface area contributed by atoms with Crippen LogP contribution in [0, 0.1) is 0 Å². The fraction of sp³-hybridized carbons (Fsp3) is 0.688. The van der Waals surface area contributed by atoms with Gasteiger partial charge in [-0.25, -0.2) is 0 Å². The lowest BCUT2D eigenvalue weighted by atomic mass is 9.99. The third-order valence-corrected chi connectivity index (χ3v) is 5.14. The van der Waals surface area contributed by atoms with E-state index in [0.717, 1.165) is 17.7 Å². The molecule has 2 rings (SSSR count). The minimum atomic E-state index is -0.357. The smallest absolute Gasteiger partial charge is 0.261 e. The average Bonchev–Trinajstić information content (AvgIpc) is 2.71. The number of fused-ring (bicyclic) bond motifs is 1. The molecule has 0 bridgehead atoms. The zero-order valence-corrected chi connectivity index (χ0v) is 13.3. The summed E-state index contributed by atoms with van der Waals surface area (Å²) in [6.45, 7) is 3.99. The molecule has 3 nitrogen and oxygen atoms in total. The normalized spacial score (nSPS) is 16.1. The van der Waals surface area contributed by atoms with Crippen LogP contribution in [0.4, 0.5) is 0 Å². The first-order valence-corrected chi connectivity index (χ1v) is 8.38. The van der Waals surface area contributed by atoms with Gasteiger partial charge in [-0.1, -0.05) is 12.8 Å². The average molecular weight is 295 g/mol. The van der Waals surface area contributed by atoms with Gasteiger partial charge in [0.15, 0.2) is 0 Å². The predicted octanol–water partition coefficient (Wildman–Crippen LogP) is 3.30. The molecule has 0 aromatic carbocycles. The fourth-order valence-corrected chi connectivity index (χ4v) is 3.82. The van der Waals surface area contributed by atoms with Gasteiger partial charge in [-0.05, 0) is 57.6 Å². The second-order valence-electron chi connectivity index (χ2n) is 6.28. The SMILES string of the molecule is CC(C)(CCO)NC(=O)c1cc2c(s1)CCCCCC2. The molecule has 0 spiro atoms. The van der Waals surface area contributed by atoms with Crippen molar-refractivity contribution in [2.75, 3.05) is 6.61 Å². The van der Waals surface area contributed by atoms with Crippen LogP contribution in [0.5, 0.6) is 0 Å². The number of carbonyl (C=O) groups is 1. The maximum Gasteiger partial charge on any atom is 0.261 e. The van der Waals surface area contributed by atoms with Crippen molar-refractivity contribution < 1.29 is 9.90 Å². The van der Waals surface area contributed by atoms with E-state index in [4.69, 9.17) is 5.11 Å². The third-order valence-electron chi connectivity index (χ3n) is 3.91. The monoisotopic (exact) mass is 295 g/mol. The van der Waals surface area contributed by atoms with E-state index in [2.05, 4.69) is 11.4 Å². The van der Waals surface area contributed by atoms with Gasteiger partial charge in [0.2, 0.25) is 0 Å². The van der Waals surface area contributed by atoms with Crippen LogP contribution in [0.1, 0.15) is 66.1 Å². The molecule has 0 saturated heterocycles. The van der Waals surface area contributed by atoms with Crippen molar-refractivity contribution >= 4 is 17.2 Å². The number of hydrogen-bond acceptors (Lipinski definition) is 3. The Hall–Kier alpha value is -0.870. The van der Waals surface area contributed by atoms with Gasteiger partial charge in [0.25, 0.3) is 5.91 Å². The van der Waals surface area contributed by atoms with E-state index in [1.54, 1.807) is 11.3 Å². The highest BCUT2D eigenvalue weighted by atomic mass is 32.1. The minimum absolute atomic E-state index is 0.000182. The van der Waals surface area contributed by atoms with Gasteiger partial charge in [0.05, 0.1) is 4.88 Å². The molecule has 0 saturated carbocycles. The summed E-state index contributed by atoms with van der Waals surface area (Å²) < 4.78 is 0. The lowest BCUT2D eigenvalue weighted by Gasteiger charge is -2.24. The van der Waals surface area contributed by atoms with Crippen LogP contribution < -0.4 is 5.32 Å². The standard InChI is InChI=1S/C16H25NO2S/c1-16(2,9-10-18)17-15(19)14-11-12-7-5-3-4-6-8-13(12)20-14/h11,18H,3-10H2,1-2H3,(H,17,19). The number of thiophene rings is 1. The van der Waals surface area contributed by atoms with Crippen molar-refractivity contribution in [1.82, 2.24) is 5.32 Å². The van der Waals surface area contributed by atoms with Crippen molar-refractivity contribution in [3.05, 3.63) is 21.4 Å². The Kier molecular flexibility index (Phi) is 5.22. The second kappa shape index (κ2) is 6.72. The first-order valence-electron chi connectivity index (χ1n) is 7.57. The summed E-state index contributed by atoms with van der Waals surface area (Å²) in [6, 6.07) is 2.08. The largest absolute Gasteiger partial charge is 0.396 e. The summed E-state index contributed by atoms with van der Waals surface area (Å²) in [6.07, 6.45) is 7.89. The first kappa shape index (κ1) is 15.5. The predicted molar refractivity (Wildman–Crippen MR) is 83.4 cm³/mol. The lowest BCUT2D eigenvalue weighted by Crippen LogP contribution is -2.43. The highest BCUT2D eigenvalue weighted by Crippen LogP contribution is 2.28. The zero-order valence-electron chi connectivity index (χ0n) is 12.5. The Balaban J connectivity index is 2.09. The van der Waals surface area contributed by atoms with Crippen molar-refractivity contribution in [2.45, 2.75) is 64.3 Å². The van der Waals surface area contributed by atoms with E-state index >= 15 is 0 Å². The van der Waals surface area contributed by atoms with Gasteiger partial charge >= 0.3 is 0 Å². The number of aliphatic hydroxyl groups is 1. The minimum Gasteiger partial charge on any atom is -0.396 e. The molecule has 1 aromatic rings. The van der Waals surface area contributed by atoms with Crippen LogP contribution >= 0.6 is 11.3 Å². The molecular weight excluding hydrogens is 270 g/mol. The Morgan fingerprint density at radius 2 is 2.00 bits per heavy atom. The molecule has 20 heavy (non-hydrogen) atoms. The van der Waals surface area contributed by atoms with Crippen LogP contribution in [0.25, 0.3) is 0 Å². The summed E-state index contributed by atoms with van der Waals surface area (Å²) in [4.78, 5) is 14.6. The van der Waals surface area contributed by atoms with E-state index in [0.29, 0.717) is 6.42 Å². The highest BCUT2D eigenvalue weighted by molar-refractivity contribution is 7.14. The molecular formula is C16H25NO2S. The molecule has 1 amide bonds. The van der Waals surface area contributed by atoms with Gasteiger partial charge in [-0.15, -0.1) is 11.3 Å². The Morgan fingerprint density at radius 1 is 1.30 bits per heavy atom. The maximum atomic E-state index is 12.3. The highest BCUT2D eigenvalue weighted by Gasteiger charge is 2.22. The summed E-state index contributed by atoms with van der Waals surface area (Å²) >= 11 is 1.65. The summed E-state index contributed by atoms with van der Waals surface area (Å²) in [5.41, 5.74) is 1.02. The lowest BCUT2D eigenvalue weighted by molar-refractivity contribution is 0.0903. The van der Waals surface area contributed by atoms with Gasteiger partial charge in [0.1, 0.15) is 0 Å². The summed E-state index contributed by atoms with van der Waals surface area (Å²) in [5, 5.41) is 12.1. The number of nitrogens with one attached hydrogen (secondary N) is 1. The number of carbonyl (C=O) groups excluding carboxylic acids is 1. The molecule has 4 heteroatoms. The van der Waals surface area contributed by atoms with E-state index < -0.39 is 0 Å². The van der Waals surface area contributed by atoms with Gasteiger partial charge in [-0.3, -0.25) is 4.79 Å². The Bertz CT molecular complexity index is 440. The molecule has 0 fully saturated rings. The molecule has 0 atom stereocenters. The molecule has 1 heterocycles. The van der Waals surface area contributed by atoms with Crippen molar-refractivity contribution in [1.29, 1.82) is 0 Å². The number of aryl methyl sites for hydroxylation is 2. The van der Waals surface area contributed by atoms with Crippen LogP contribution in [0.3, 0.4) is 0 Å². The number of amides is 1. The number of rotatable bonds is 4. The van der Waals surface area contributed by atoms with Crippen LogP contribution in [-0.2, 0) is 12.8 Å². The van der Waals surface area contributed by atoms with Crippen LogP contribution in [0.2, 0.25) is 0 Å². The summed E-state index contributed by atoms with van der Waals surface area (Å²) in [7, 11) is 0. The topological polar surface area (TPSA) is 49.3 Å². The second-order valence-corrected chi connectivity index (χ2v) is 7.42. The molecule has 2 N–H and O–H groups in total. The van der Waals surface area contributed by atoms with Crippen LogP contribution in [-0.4, -0.2) is 23.2 Å². The van der Waals surface area contributed by atoms with Crippen molar-refractivity contribution in [3.8, 4) is 0 Å². The van der Waals surface area contributed by atoms with Crippen molar-refractivity contribution in [2.24, 2.45) is 0 Å². The van der Waals surface area contributed by atoms with E-state index in [1.807, 2.05) is 13.8 Å². The van der Waals surface area contributed by atoms with E-state index in [9.17, 15) is 4.79 Å². The maximum absolute atomic E-state index is 12.3. The van der Waals surface area contributed by atoms with Gasteiger partial charge in [0, 0.05) is 17.0 Å². The number of hydrogen-bond donors (Lipinski definition) is 2. The zero-order chi connectivity index (χ0) is 14.6. The Labute approximate surface area is 125 Å². The molecule has 1 aliphatic rings. The molecule has 0 radical (unpaired) electrons. The molecule has 112 valence electrons. The molecule has 1 aromatic heterocycles. The fourth-order valence-electron chi connectivity index (χ4n) is 2.67. The number of aliphatic hydroxyl groups excluding tert-OH is 1. The third kappa shape index (κ3) is 4.06. The summed E-state index contributed by atoms with van der Waals surface area (Å²) in [5.74, 6) is 0.000182. The molecule has 1 aliphatic carbocycles. The van der Waals surface area contributed by atoms with E-state index in [-0.39, 0.29) is 18.1 Å². The van der Waals surface area contributed by atoms with Gasteiger partial charge in [-0.2, -0.15) is 0 Å². The quantitative estimate of drug-likeness (QED) is 0.895. The Morgan fingerprint density at radius 3 is 2.70 bits per heavy atom. The van der Waals surface area contributed by atoms with Crippen LogP contribution in [0.15, 0.2) is 6.07 Å².